The average Bonchev–Trinajstić information content (AvgIpc) is 2.55. The monoisotopic (exact) mass is 364 g/mol. The van der Waals surface area contributed by atoms with Gasteiger partial charge in [0.05, 0.1) is 11.9 Å². The van der Waals surface area contributed by atoms with Crippen LogP contribution >= 0.6 is 23.8 Å². The van der Waals surface area contributed by atoms with E-state index in [0.29, 0.717) is 10.7 Å². The normalized spacial score (nSPS) is 15.1. The van der Waals surface area contributed by atoms with E-state index in [4.69, 9.17) is 23.8 Å². The van der Waals surface area contributed by atoms with E-state index in [1.54, 1.807) is 24.3 Å². The fourth-order valence-corrected chi connectivity index (χ4v) is 3.11. The Hall–Kier alpha value is -2.12. The maximum Gasteiger partial charge on any atom is 0.264 e. The number of halogens is 1. The molecule has 0 unspecified atom stereocenters. The molecule has 0 bridgehead atoms. The summed E-state index contributed by atoms with van der Waals surface area (Å²) < 4.78 is 1.45. The zero-order chi connectivity index (χ0) is 17.1. The van der Waals surface area contributed by atoms with Gasteiger partial charge >= 0.3 is 0 Å². The molecular weight excluding hydrogens is 348 g/mol. The van der Waals surface area contributed by atoms with Gasteiger partial charge in [0.15, 0.2) is 4.77 Å². The fourth-order valence-electron chi connectivity index (χ4n) is 2.64. The molecule has 0 atom stereocenters. The summed E-state index contributed by atoms with van der Waals surface area (Å²) in [5.41, 5.74) is 0.152. The predicted octanol–water partition coefficient (Wildman–Crippen LogP) is 3.07. The number of aromatic amines is 1. The first-order chi connectivity index (χ1) is 11.6. The molecule has 0 radical (unpaired) electrons. The van der Waals surface area contributed by atoms with Crippen molar-refractivity contribution < 1.29 is 5.11 Å². The smallest absolute Gasteiger partial charge is 0.264 e. The third-order valence-corrected chi connectivity index (χ3v) is 4.39. The van der Waals surface area contributed by atoms with Crippen LogP contribution in [0, 0.1) is 4.77 Å². The molecule has 1 aliphatic heterocycles. The van der Waals surface area contributed by atoms with Crippen LogP contribution in [0.15, 0.2) is 34.2 Å². The molecule has 1 fully saturated rings. The lowest BCUT2D eigenvalue weighted by molar-refractivity contribution is 0.240. The minimum absolute atomic E-state index is 0.0640. The van der Waals surface area contributed by atoms with E-state index in [0.717, 1.165) is 25.9 Å². The molecule has 1 saturated heterocycles. The first-order valence-electron chi connectivity index (χ1n) is 7.69. The summed E-state index contributed by atoms with van der Waals surface area (Å²) in [5, 5.41) is 17.3. The van der Waals surface area contributed by atoms with Crippen LogP contribution in [0.5, 0.6) is 5.88 Å². The van der Waals surface area contributed by atoms with Crippen molar-refractivity contribution in [3.8, 4) is 11.6 Å². The highest BCUT2D eigenvalue weighted by molar-refractivity contribution is 7.71. The van der Waals surface area contributed by atoms with Gasteiger partial charge in [0.2, 0.25) is 5.88 Å². The molecule has 1 aliphatic rings. The van der Waals surface area contributed by atoms with Crippen LogP contribution in [0.3, 0.4) is 0 Å². The first-order valence-corrected chi connectivity index (χ1v) is 8.48. The molecule has 2 N–H and O–H groups in total. The average molecular weight is 365 g/mol. The molecule has 1 aromatic carbocycles. The van der Waals surface area contributed by atoms with E-state index < -0.39 is 5.56 Å². The molecule has 126 valence electrons. The van der Waals surface area contributed by atoms with Crippen LogP contribution < -0.4 is 5.56 Å². The molecule has 0 saturated carbocycles. The van der Waals surface area contributed by atoms with Crippen molar-refractivity contribution in [3.05, 3.63) is 50.0 Å². The summed E-state index contributed by atoms with van der Waals surface area (Å²) in [6.07, 6.45) is 4.73. The van der Waals surface area contributed by atoms with Gasteiger partial charge in [-0.1, -0.05) is 17.7 Å². The van der Waals surface area contributed by atoms with E-state index in [1.165, 1.54) is 17.2 Å². The highest BCUT2D eigenvalue weighted by Crippen LogP contribution is 2.21. The number of H-pyrrole nitrogens is 1. The van der Waals surface area contributed by atoms with Crippen molar-refractivity contribution in [3.63, 3.8) is 0 Å². The number of nitrogens with one attached hydrogen (secondary N) is 1. The van der Waals surface area contributed by atoms with E-state index in [9.17, 15) is 9.90 Å². The van der Waals surface area contributed by atoms with Crippen LogP contribution in [0.1, 0.15) is 24.8 Å². The van der Waals surface area contributed by atoms with Gasteiger partial charge in [-0.05, 0) is 49.7 Å². The number of rotatable bonds is 3. The number of aromatic nitrogens is 2. The molecule has 0 spiro atoms. The van der Waals surface area contributed by atoms with Crippen molar-refractivity contribution in [1.82, 2.24) is 14.6 Å². The molecule has 3 rings (SSSR count). The number of hydrogen-bond acceptors (Lipinski definition) is 5. The van der Waals surface area contributed by atoms with Gasteiger partial charge < -0.3 is 5.11 Å². The Morgan fingerprint density at radius 1 is 1.29 bits per heavy atom. The second-order valence-corrected chi connectivity index (χ2v) is 6.39. The quantitative estimate of drug-likeness (QED) is 0.648. The summed E-state index contributed by atoms with van der Waals surface area (Å²) in [6.45, 7) is 1.70. The van der Waals surface area contributed by atoms with Gasteiger partial charge in [-0.15, -0.1) is 0 Å². The molecular formula is C16H17ClN4O2S. The third-order valence-electron chi connectivity index (χ3n) is 3.87. The summed E-state index contributed by atoms with van der Waals surface area (Å²) in [7, 11) is 0. The molecule has 0 amide bonds. The lowest BCUT2D eigenvalue weighted by atomic mass is 10.2. The van der Waals surface area contributed by atoms with E-state index in [-0.39, 0.29) is 16.2 Å². The third kappa shape index (κ3) is 3.52. The zero-order valence-corrected chi connectivity index (χ0v) is 14.5. The number of aromatic hydroxyl groups is 1. The lowest BCUT2D eigenvalue weighted by Gasteiger charge is -2.23. The highest BCUT2D eigenvalue weighted by Gasteiger charge is 2.14. The van der Waals surface area contributed by atoms with E-state index >= 15 is 0 Å². The minimum atomic E-state index is -0.475. The van der Waals surface area contributed by atoms with Gasteiger partial charge in [-0.3, -0.25) is 19.4 Å². The largest absolute Gasteiger partial charge is 0.494 e. The van der Waals surface area contributed by atoms with Gasteiger partial charge in [0.1, 0.15) is 5.56 Å². The zero-order valence-electron chi connectivity index (χ0n) is 12.9. The number of benzene rings is 1. The van der Waals surface area contributed by atoms with Crippen LogP contribution in [0.25, 0.3) is 5.69 Å². The van der Waals surface area contributed by atoms with Crippen molar-refractivity contribution in [2.45, 2.75) is 19.3 Å². The molecule has 0 aliphatic carbocycles. The Bertz CT molecular complexity index is 884. The van der Waals surface area contributed by atoms with Crippen molar-refractivity contribution in [2.75, 3.05) is 13.1 Å². The standard InChI is InChI=1S/C16H17ClN4O2S/c17-11-5-4-6-12(9-11)21-15(23)13(14(22)19-16(21)24)10-18-20-7-2-1-3-8-20/h4-6,9-10,23H,1-3,7-8H2,(H,19,22,24). The minimum Gasteiger partial charge on any atom is -0.494 e. The fraction of sp³-hybridized carbons (Fsp3) is 0.312. The van der Waals surface area contributed by atoms with Gasteiger partial charge in [0.25, 0.3) is 5.56 Å². The van der Waals surface area contributed by atoms with Gasteiger partial charge in [0, 0.05) is 18.1 Å². The number of nitrogens with zero attached hydrogens (tertiary/aromatic N) is 3. The van der Waals surface area contributed by atoms with Gasteiger partial charge in [-0.25, -0.2) is 0 Å². The molecule has 24 heavy (non-hydrogen) atoms. The van der Waals surface area contributed by atoms with E-state index in [1.807, 2.05) is 5.01 Å². The maximum atomic E-state index is 12.2. The van der Waals surface area contributed by atoms with Crippen LogP contribution in [0.2, 0.25) is 5.02 Å². The Kier molecular flexibility index (Phi) is 5.01. The van der Waals surface area contributed by atoms with Crippen LogP contribution in [0.4, 0.5) is 0 Å². The summed E-state index contributed by atoms with van der Waals surface area (Å²) in [6, 6.07) is 6.85. The Morgan fingerprint density at radius 2 is 2.04 bits per heavy atom. The summed E-state index contributed by atoms with van der Waals surface area (Å²) >= 11 is 11.2. The summed E-state index contributed by atoms with van der Waals surface area (Å²) in [5.74, 6) is -0.258. The number of hydrazone groups is 1. The predicted molar refractivity (Wildman–Crippen MR) is 96.9 cm³/mol. The molecule has 8 heteroatoms. The number of piperidine rings is 1. The Labute approximate surface area is 149 Å². The van der Waals surface area contributed by atoms with E-state index in [2.05, 4.69) is 10.1 Å². The van der Waals surface area contributed by atoms with Gasteiger partial charge in [-0.2, -0.15) is 5.10 Å². The van der Waals surface area contributed by atoms with Crippen molar-refractivity contribution in [2.24, 2.45) is 5.10 Å². The van der Waals surface area contributed by atoms with Crippen LogP contribution in [-0.4, -0.2) is 39.0 Å². The van der Waals surface area contributed by atoms with Crippen LogP contribution in [-0.2, 0) is 0 Å². The summed E-state index contributed by atoms with van der Waals surface area (Å²) in [4.78, 5) is 14.7. The second kappa shape index (κ2) is 7.19. The Balaban J connectivity index is 2.04. The highest BCUT2D eigenvalue weighted by atomic mass is 35.5. The first kappa shape index (κ1) is 16.7. The van der Waals surface area contributed by atoms with Crippen molar-refractivity contribution in [1.29, 1.82) is 0 Å². The topological polar surface area (TPSA) is 73.6 Å². The molecule has 2 heterocycles. The van der Waals surface area contributed by atoms with Crippen molar-refractivity contribution >= 4 is 30.0 Å². The molecule has 6 nitrogen and oxygen atoms in total. The lowest BCUT2D eigenvalue weighted by Crippen LogP contribution is -2.25. The maximum absolute atomic E-state index is 12.2. The Morgan fingerprint density at radius 3 is 2.75 bits per heavy atom. The molecule has 2 aromatic rings. The second-order valence-electron chi connectivity index (χ2n) is 5.57. The number of hydrogen-bond donors (Lipinski definition) is 2. The SMILES string of the molecule is O=c1[nH]c(=S)n(-c2cccc(Cl)c2)c(O)c1C=NN1CCCCC1. The molecule has 1 aromatic heterocycles.